The normalized spacial score (nSPS) is 18.5. The summed E-state index contributed by atoms with van der Waals surface area (Å²) < 4.78 is 57.9. The number of unbranched alkanes of at least 4 members (excludes halogenated alkanes) is 2. The minimum atomic E-state index is -9.17. The van der Waals surface area contributed by atoms with Gasteiger partial charge in [-0.3, -0.25) is 0 Å². The molecule has 12 heavy (non-hydrogen) atoms. The minimum Gasteiger partial charge on any atom is -0.396 e. The number of aliphatic hydroxyl groups excluding tert-OH is 1. The van der Waals surface area contributed by atoms with E-state index >= 15 is 0 Å². The summed E-state index contributed by atoms with van der Waals surface area (Å²) in [5.41, 5.74) is 0. The number of hydrogen-bond acceptors (Lipinski definition) is 1. The smallest absolute Gasteiger partial charge is 0.285 e. The van der Waals surface area contributed by atoms with Crippen LogP contribution in [0.25, 0.3) is 0 Å². The van der Waals surface area contributed by atoms with Crippen LogP contribution in [0.15, 0.2) is 0 Å². The second kappa shape index (κ2) is 2.73. The molecular formula is C5H11F5OS. The van der Waals surface area contributed by atoms with Crippen LogP contribution < -0.4 is 0 Å². The summed E-state index contributed by atoms with van der Waals surface area (Å²) in [5.74, 6) is -2.01. The first kappa shape index (κ1) is 12.0. The lowest BCUT2D eigenvalue weighted by molar-refractivity contribution is 0.282. The van der Waals surface area contributed by atoms with Crippen molar-refractivity contribution in [2.45, 2.75) is 19.3 Å². The maximum absolute atomic E-state index is 11.6. The maximum Gasteiger partial charge on any atom is 0.285 e. The molecule has 0 atom stereocenters. The van der Waals surface area contributed by atoms with Gasteiger partial charge in [0.15, 0.2) is 0 Å². The molecule has 0 unspecified atom stereocenters. The molecular weight excluding hydrogens is 203 g/mol. The molecule has 0 aromatic heterocycles. The molecule has 0 fully saturated rings. The van der Waals surface area contributed by atoms with Gasteiger partial charge >= 0.3 is 0 Å². The standard InChI is InChI=1S/C5H11F5OS/c6-12(7,8,9,10)5-3-1-2-4-11/h11H,1-5H2. The van der Waals surface area contributed by atoms with Gasteiger partial charge in [0, 0.05) is 6.61 Å². The minimum absolute atomic E-state index is 0.0257. The zero-order valence-electron chi connectivity index (χ0n) is 6.28. The predicted octanol–water partition coefficient (Wildman–Crippen LogP) is 3.45. The van der Waals surface area contributed by atoms with Gasteiger partial charge in [0.05, 0.1) is 5.75 Å². The Bertz CT molecular complexity index is 148. The van der Waals surface area contributed by atoms with Crippen LogP contribution in [0.1, 0.15) is 19.3 Å². The van der Waals surface area contributed by atoms with Crippen molar-refractivity contribution in [3.8, 4) is 0 Å². The van der Waals surface area contributed by atoms with Crippen molar-refractivity contribution in [1.82, 2.24) is 0 Å². The SMILES string of the molecule is OCCCCCS(F)(F)(F)(F)F. The van der Waals surface area contributed by atoms with Crippen LogP contribution >= 0.6 is 10.2 Å². The number of aliphatic hydroxyl groups is 1. The Labute approximate surface area is 67.3 Å². The van der Waals surface area contributed by atoms with Gasteiger partial charge in [-0.05, 0) is 12.8 Å². The van der Waals surface area contributed by atoms with Crippen molar-refractivity contribution in [1.29, 1.82) is 0 Å². The first-order valence-corrected chi connectivity index (χ1v) is 5.50. The highest BCUT2D eigenvalue weighted by atomic mass is 32.5. The second-order valence-corrected chi connectivity index (χ2v) is 5.28. The molecule has 0 aliphatic carbocycles. The zero-order valence-corrected chi connectivity index (χ0v) is 7.10. The first-order chi connectivity index (χ1) is 5.04. The van der Waals surface area contributed by atoms with Crippen molar-refractivity contribution in [3.63, 3.8) is 0 Å². The van der Waals surface area contributed by atoms with Crippen molar-refractivity contribution in [2.75, 3.05) is 12.4 Å². The van der Waals surface area contributed by atoms with Crippen LogP contribution in [0.3, 0.4) is 0 Å². The highest BCUT2D eigenvalue weighted by Gasteiger charge is 2.62. The van der Waals surface area contributed by atoms with Gasteiger partial charge in [-0.25, -0.2) is 0 Å². The third-order valence-corrected chi connectivity index (χ3v) is 2.25. The Morgan fingerprint density at radius 2 is 1.33 bits per heavy atom. The van der Waals surface area contributed by atoms with E-state index in [-0.39, 0.29) is 19.4 Å². The number of rotatable bonds is 5. The van der Waals surface area contributed by atoms with Crippen molar-refractivity contribution in [2.24, 2.45) is 0 Å². The van der Waals surface area contributed by atoms with E-state index < -0.39 is 22.4 Å². The van der Waals surface area contributed by atoms with Crippen LogP contribution in [-0.4, -0.2) is 17.5 Å². The molecule has 0 spiro atoms. The average Bonchev–Trinajstić information content (AvgIpc) is 1.75. The summed E-state index contributed by atoms with van der Waals surface area (Å²) >= 11 is 0. The van der Waals surface area contributed by atoms with Crippen LogP contribution in [0, 0.1) is 0 Å². The lowest BCUT2D eigenvalue weighted by Gasteiger charge is -2.40. The maximum atomic E-state index is 11.6. The van der Waals surface area contributed by atoms with Crippen LogP contribution in [0.4, 0.5) is 19.4 Å². The van der Waals surface area contributed by atoms with E-state index in [9.17, 15) is 19.4 Å². The monoisotopic (exact) mass is 214 g/mol. The molecule has 1 nitrogen and oxygen atoms in total. The van der Waals surface area contributed by atoms with Gasteiger partial charge in [0.2, 0.25) is 0 Å². The molecule has 0 rings (SSSR count). The summed E-state index contributed by atoms with van der Waals surface area (Å²) in [4.78, 5) is 0. The summed E-state index contributed by atoms with van der Waals surface area (Å²) in [6.45, 7) is -0.264. The fraction of sp³-hybridized carbons (Fsp3) is 1.00. The van der Waals surface area contributed by atoms with Crippen LogP contribution in [0.2, 0.25) is 0 Å². The van der Waals surface area contributed by atoms with E-state index in [2.05, 4.69) is 0 Å². The lowest BCUT2D eigenvalue weighted by atomic mass is 10.3. The molecule has 0 saturated carbocycles. The summed E-state index contributed by atoms with van der Waals surface area (Å²) in [5, 5.41) is 8.16. The van der Waals surface area contributed by atoms with Gasteiger partial charge in [0.1, 0.15) is 0 Å². The largest absolute Gasteiger partial charge is 0.396 e. The highest BCUT2D eigenvalue weighted by molar-refractivity contribution is 8.45. The topological polar surface area (TPSA) is 20.2 Å². The third kappa shape index (κ3) is 9.96. The van der Waals surface area contributed by atoms with Crippen molar-refractivity contribution < 1.29 is 24.5 Å². The Kier molecular flexibility index (Phi) is 2.72. The average molecular weight is 214 g/mol. The molecule has 0 amide bonds. The fourth-order valence-corrected chi connectivity index (χ4v) is 1.41. The van der Waals surface area contributed by atoms with E-state index in [4.69, 9.17) is 5.11 Å². The molecule has 0 aromatic carbocycles. The van der Waals surface area contributed by atoms with Gasteiger partial charge < -0.3 is 5.11 Å². The van der Waals surface area contributed by atoms with Crippen LogP contribution in [0.5, 0.6) is 0 Å². The summed E-state index contributed by atoms with van der Waals surface area (Å²) in [6, 6.07) is 0. The Morgan fingerprint density at radius 3 is 1.67 bits per heavy atom. The van der Waals surface area contributed by atoms with E-state index in [1.807, 2.05) is 0 Å². The zero-order chi connectivity index (χ0) is 9.94. The fourth-order valence-electron chi connectivity index (χ4n) is 0.663. The lowest BCUT2D eigenvalue weighted by Crippen LogP contribution is -2.10. The van der Waals surface area contributed by atoms with E-state index in [0.717, 1.165) is 0 Å². The molecule has 0 saturated heterocycles. The second-order valence-electron chi connectivity index (χ2n) is 2.62. The molecule has 0 heterocycles. The Morgan fingerprint density at radius 1 is 0.833 bits per heavy atom. The van der Waals surface area contributed by atoms with E-state index in [1.54, 1.807) is 0 Å². The predicted molar refractivity (Wildman–Crippen MR) is 38.9 cm³/mol. The quantitative estimate of drug-likeness (QED) is 0.549. The Balaban J connectivity index is 3.79. The van der Waals surface area contributed by atoms with E-state index in [0.29, 0.717) is 0 Å². The first-order valence-electron chi connectivity index (χ1n) is 3.38. The van der Waals surface area contributed by atoms with Gasteiger partial charge in [0.25, 0.3) is 10.2 Å². The van der Waals surface area contributed by atoms with Gasteiger partial charge in [-0.15, -0.1) is 0 Å². The third-order valence-electron chi connectivity index (χ3n) is 1.19. The summed E-state index contributed by atoms with van der Waals surface area (Å²) in [7, 11) is -9.17. The number of hydrogen-bond donors (Lipinski definition) is 1. The van der Waals surface area contributed by atoms with Gasteiger partial charge in [-0.2, -0.15) is 0 Å². The van der Waals surface area contributed by atoms with Crippen molar-refractivity contribution in [3.05, 3.63) is 0 Å². The molecule has 7 heteroatoms. The van der Waals surface area contributed by atoms with Crippen LogP contribution in [-0.2, 0) is 0 Å². The highest BCUT2D eigenvalue weighted by Crippen LogP contribution is 2.97. The molecule has 0 aliphatic heterocycles. The molecule has 78 valence electrons. The molecule has 0 bridgehead atoms. The molecule has 0 radical (unpaired) electrons. The Hall–Kier alpha value is -0.0400. The van der Waals surface area contributed by atoms with E-state index in [1.165, 1.54) is 0 Å². The molecule has 1 N–H and O–H groups in total. The number of halogens is 5. The summed E-state index contributed by atoms with van der Waals surface area (Å²) in [6.07, 6.45) is -0.505. The molecule has 0 aliphatic rings. The van der Waals surface area contributed by atoms with Gasteiger partial charge in [-0.1, -0.05) is 25.8 Å². The van der Waals surface area contributed by atoms with Crippen molar-refractivity contribution >= 4 is 10.2 Å². The molecule has 0 aromatic rings.